The van der Waals surface area contributed by atoms with E-state index in [0.717, 1.165) is 7.16 Å². The van der Waals surface area contributed by atoms with Gasteiger partial charge in [0.1, 0.15) is 0 Å². The monoisotopic (exact) mass is 515 g/mol. The van der Waals surface area contributed by atoms with Crippen LogP contribution < -0.4 is 18.6 Å². The molecule has 0 aliphatic carbocycles. The van der Waals surface area contributed by atoms with Crippen LogP contribution in [-0.2, 0) is 10.9 Å². The number of aromatic nitrogens is 2. The van der Waals surface area contributed by atoms with Crippen molar-refractivity contribution in [1.29, 1.82) is 0 Å². The molecule has 2 fully saturated rings. The normalized spacial score (nSPS) is 27.1. The van der Waals surface area contributed by atoms with Crippen LogP contribution in [0.3, 0.4) is 0 Å². The second kappa shape index (κ2) is 7.78. The van der Waals surface area contributed by atoms with Crippen molar-refractivity contribution in [3.63, 3.8) is 0 Å². The van der Waals surface area contributed by atoms with E-state index in [-0.39, 0.29) is 12.4 Å². The van der Waals surface area contributed by atoms with Crippen LogP contribution in [-0.4, -0.2) is 58.8 Å². The maximum absolute atomic E-state index is 12.5. The van der Waals surface area contributed by atoms with Crippen molar-refractivity contribution in [3.8, 4) is 0 Å². The molecule has 2 aliphatic heterocycles. The average molecular weight is 514 g/mol. The molecule has 3 heterocycles. The van der Waals surface area contributed by atoms with Gasteiger partial charge in [-0.05, 0) is 0 Å². The van der Waals surface area contributed by atoms with Gasteiger partial charge in [0.25, 0.3) is 0 Å². The molecule has 0 amide bonds. The van der Waals surface area contributed by atoms with Crippen molar-refractivity contribution >= 4 is 32.2 Å². The molecule has 0 spiro atoms. The zero-order valence-electron chi connectivity index (χ0n) is 16.0. The molecule has 0 saturated carbocycles. The summed E-state index contributed by atoms with van der Waals surface area (Å²) >= 11 is -4.06. The Kier molecular flexibility index (Phi) is 5.11. The van der Waals surface area contributed by atoms with Crippen LogP contribution in [0, 0.1) is 0 Å². The minimum atomic E-state index is -4.06. The van der Waals surface area contributed by atoms with Crippen LogP contribution in [0.1, 0.15) is 6.23 Å². The summed E-state index contributed by atoms with van der Waals surface area (Å²) in [6, 6.07) is 21.4. The molecule has 8 nitrogen and oxygen atoms in total. The number of hydrogen-bond donors (Lipinski definition) is 2. The molecule has 4 atom stereocenters. The predicted octanol–water partition coefficient (Wildman–Crippen LogP) is -0.244. The molecular weight excluding hydrogens is 493 g/mol. The SMILES string of the molecule is Nc1ccn([C@H]2O[C@@H](CO)[C@@H]3[O][Sn]([c]4ccccc4)([c]4ccccc4)[O][C@@H]32)c(=O)n1. The summed E-state index contributed by atoms with van der Waals surface area (Å²) in [5.74, 6) is 0.134. The second-order valence-electron chi connectivity index (χ2n) is 7.30. The van der Waals surface area contributed by atoms with Crippen LogP contribution in [0.25, 0.3) is 0 Å². The summed E-state index contributed by atoms with van der Waals surface area (Å²) in [7, 11) is 0. The van der Waals surface area contributed by atoms with Crippen LogP contribution in [0.2, 0.25) is 0 Å². The Morgan fingerprint density at radius 2 is 1.57 bits per heavy atom. The van der Waals surface area contributed by atoms with Crippen molar-refractivity contribution in [2.45, 2.75) is 24.5 Å². The Balaban J connectivity index is 1.61. The third-order valence-corrected chi connectivity index (χ3v) is 15.2. The Morgan fingerprint density at radius 3 is 2.13 bits per heavy atom. The number of aliphatic hydroxyl groups excluding tert-OH is 1. The number of hydrogen-bond acceptors (Lipinski definition) is 7. The molecule has 9 heteroatoms. The first-order valence-electron chi connectivity index (χ1n) is 9.70. The van der Waals surface area contributed by atoms with E-state index in [9.17, 15) is 9.90 Å². The number of anilines is 1. The van der Waals surface area contributed by atoms with E-state index in [4.69, 9.17) is 16.6 Å². The molecule has 0 bridgehead atoms. The van der Waals surface area contributed by atoms with E-state index >= 15 is 0 Å². The van der Waals surface area contributed by atoms with Gasteiger partial charge in [-0.25, -0.2) is 0 Å². The topological polar surface area (TPSA) is 109 Å². The van der Waals surface area contributed by atoms with E-state index in [2.05, 4.69) is 4.98 Å². The van der Waals surface area contributed by atoms with Crippen LogP contribution >= 0.6 is 0 Å². The summed E-state index contributed by atoms with van der Waals surface area (Å²) < 4.78 is 22.8. The Labute approximate surface area is 177 Å². The molecule has 5 rings (SSSR count). The zero-order chi connectivity index (χ0) is 20.7. The molecule has 30 heavy (non-hydrogen) atoms. The van der Waals surface area contributed by atoms with E-state index < -0.39 is 49.4 Å². The van der Waals surface area contributed by atoms with Gasteiger partial charge >= 0.3 is 178 Å². The number of fused-ring (bicyclic) bond motifs is 1. The Bertz CT molecular complexity index is 1060. The van der Waals surface area contributed by atoms with Crippen molar-refractivity contribution in [2.24, 2.45) is 0 Å². The summed E-state index contributed by atoms with van der Waals surface area (Å²) in [5, 5.41) is 9.94. The van der Waals surface area contributed by atoms with Gasteiger partial charge in [-0.15, -0.1) is 0 Å². The zero-order valence-corrected chi connectivity index (χ0v) is 18.9. The van der Waals surface area contributed by atoms with Gasteiger partial charge in [0.2, 0.25) is 0 Å². The van der Waals surface area contributed by atoms with Gasteiger partial charge in [0.15, 0.2) is 0 Å². The third kappa shape index (κ3) is 3.15. The number of rotatable bonds is 4. The van der Waals surface area contributed by atoms with Crippen LogP contribution in [0.5, 0.6) is 0 Å². The van der Waals surface area contributed by atoms with Crippen molar-refractivity contribution in [3.05, 3.63) is 83.4 Å². The maximum atomic E-state index is 12.5. The molecule has 2 saturated heterocycles. The summed E-state index contributed by atoms with van der Waals surface area (Å²) in [6.07, 6.45) is -0.896. The molecule has 0 unspecified atom stereocenters. The third-order valence-electron chi connectivity index (χ3n) is 5.50. The first-order chi connectivity index (χ1) is 14.6. The number of nitrogens with zero attached hydrogens (tertiary/aromatic N) is 2. The first kappa shape index (κ1) is 19.7. The molecule has 2 aliphatic rings. The van der Waals surface area contributed by atoms with Gasteiger partial charge in [0, 0.05) is 0 Å². The first-order valence-corrected chi connectivity index (χ1v) is 14.9. The fraction of sp³-hybridized carbons (Fsp3) is 0.238. The molecule has 0 radical (unpaired) electrons. The predicted molar refractivity (Wildman–Crippen MR) is 112 cm³/mol. The molecule has 154 valence electrons. The van der Waals surface area contributed by atoms with Gasteiger partial charge in [0.05, 0.1) is 0 Å². The van der Waals surface area contributed by atoms with E-state index in [1.54, 1.807) is 0 Å². The number of benzene rings is 2. The molecule has 2 aromatic carbocycles. The Morgan fingerprint density at radius 1 is 0.967 bits per heavy atom. The van der Waals surface area contributed by atoms with E-state index in [0.29, 0.717) is 0 Å². The molecule has 3 N–H and O–H groups in total. The molecular formula is C21H21N3O5Sn. The number of ether oxygens (including phenoxy) is 1. The fourth-order valence-electron chi connectivity index (χ4n) is 4.13. The van der Waals surface area contributed by atoms with Crippen LogP contribution in [0.15, 0.2) is 77.7 Å². The van der Waals surface area contributed by atoms with Crippen LogP contribution in [0.4, 0.5) is 5.82 Å². The van der Waals surface area contributed by atoms with Crippen molar-refractivity contribution < 1.29 is 16.0 Å². The minimum absolute atomic E-state index is 0.134. The summed E-state index contributed by atoms with van der Waals surface area (Å²) in [6.45, 7) is -0.246. The van der Waals surface area contributed by atoms with Crippen molar-refractivity contribution in [2.75, 3.05) is 12.3 Å². The quantitative estimate of drug-likeness (QED) is 0.463. The molecule has 1 aromatic heterocycles. The van der Waals surface area contributed by atoms with Gasteiger partial charge in [-0.1, -0.05) is 0 Å². The standard InChI is InChI=1S/C9H11N3O5.2C6H5.Sn/c10-5-1-2-12(9(16)11-5)8-7(15)6(14)4(3-13)17-8;2*1-2-4-6-5-3-1;/h1-2,4,6-8,13H,3H2,(H2,10,11,16);2*1-5H;/q-2;;;+2/t4-,6-,7-,8-;;;/m0.../s1. The summed E-state index contributed by atoms with van der Waals surface area (Å²) in [4.78, 5) is 16.3. The molecule has 3 aromatic rings. The van der Waals surface area contributed by atoms with Gasteiger partial charge < -0.3 is 0 Å². The number of nitrogens with two attached hydrogens (primary N) is 1. The Hall–Kier alpha value is -2.24. The van der Waals surface area contributed by atoms with Crippen molar-refractivity contribution in [1.82, 2.24) is 9.55 Å². The average Bonchev–Trinajstić information content (AvgIpc) is 3.32. The van der Waals surface area contributed by atoms with E-state index in [1.807, 2.05) is 60.7 Å². The number of aliphatic hydroxyl groups is 1. The van der Waals surface area contributed by atoms with Gasteiger partial charge in [-0.3, -0.25) is 0 Å². The summed E-state index contributed by atoms with van der Waals surface area (Å²) in [5.41, 5.74) is 5.10. The number of nitrogen functional groups attached to an aromatic ring is 1. The van der Waals surface area contributed by atoms with E-state index in [1.165, 1.54) is 16.8 Å². The van der Waals surface area contributed by atoms with Gasteiger partial charge in [-0.2, -0.15) is 0 Å². The second-order valence-corrected chi connectivity index (χ2v) is 15.5. The fourth-order valence-corrected chi connectivity index (χ4v) is 14.1.